The molecule has 1 aliphatic heterocycles. The highest BCUT2D eigenvalue weighted by Crippen LogP contribution is 2.23. The Labute approximate surface area is 120 Å². The predicted octanol–water partition coefficient (Wildman–Crippen LogP) is 1.93. The van der Waals surface area contributed by atoms with E-state index in [-0.39, 0.29) is 12.0 Å². The van der Waals surface area contributed by atoms with Crippen LogP contribution in [0.25, 0.3) is 0 Å². The van der Waals surface area contributed by atoms with Gasteiger partial charge in [-0.2, -0.15) is 0 Å². The Balaban J connectivity index is 2.03. The Morgan fingerprint density at radius 3 is 2.75 bits per heavy atom. The molecule has 20 heavy (non-hydrogen) atoms. The summed E-state index contributed by atoms with van der Waals surface area (Å²) >= 11 is 0. The molecule has 2 unspecified atom stereocenters. The van der Waals surface area contributed by atoms with E-state index in [0.717, 1.165) is 32.6 Å². The Morgan fingerprint density at radius 2 is 2.05 bits per heavy atom. The first-order valence-electron chi connectivity index (χ1n) is 7.41. The van der Waals surface area contributed by atoms with E-state index in [1.165, 1.54) is 5.56 Å². The molecule has 1 aromatic rings. The first-order chi connectivity index (χ1) is 9.68. The lowest BCUT2D eigenvalue weighted by Gasteiger charge is -2.29. The van der Waals surface area contributed by atoms with Crippen LogP contribution in [0, 0.1) is 0 Å². The molecule has 2 N–H and O–H groups in total. The van der Waals surface area contributed by atoms with Crippen LogP contribution in [-0.2, 0) is 4.79 Å². The fourth-order valence-corrected chi connectivity index (χ4v) is 2.84. The number of aliphatic carboxylic acids is 1. The minimum absolute atomic E-state index is 0.258. The van der Waals surface area contributed by atoms with Gasteiger partial charge in [-0.05, 0) is 30.9 Å². The van der Waals surface area contributed by atoms with E-state index < -0.39 is 5.97 Å². The molecule has 1 aliphatic rings. The van der Waals surface area contributed by atoms with E-state index in [1.807, 2.05) is 18.2 Å². The van der Waals surface area contributed by atoms with Crippen LogP contribution in [0.3, 0.4) is 0 Å². The van der Waals surface area contributed by atoms with Crippen LogP contribution in [0.4, 0.5) is 0 Å². The molecule has 0 spiro atoms. The van der Waals surface area contributed by atoms with Crippen molar-refractivity contribution in [2.45, 2.75) is 31.7 Å². The largest absolute Gasteiger partial charge is 0.480 e. The second kappa shape index (κ2) is 7.41. The summed E-state index contributed by atoms with van der Waals surface area (Å²) in [5.41, 5.74) is 1.21. The van der Waals surface area contributed by atoms with Gasteiger partial charge in [-0.3, -0.25) is 9.69 Å². The van der Waals surface area contributed by atoms with Gasteiger partial charge in [0.1, 0.15) is 6.04 Å². The number of benzene rings is 1. The molecule has 2 atom stereocenters. The van der Waals surface area contributed by atoms with Crippen LogP contribution >= 0.6 is 0 Å². The number of carboxylic acid groups (broad SMARTS) is 1. The fourth-order valence-electron chi connectivity index (χ4n) is 2.84. The van der Waals surface area contributed by atoms with Crippen molar-refractivity contribution in [3.63, 3.8) is 0 Å². The van der Waals surface area contributed by atoms with Crippen molar-refractivity contribution in [1.82, 2.24) is 10.2 Å². The van der Waals surface area contributed by atoms with Crippen LogP contribution in [0.2, 0.25) is 0 Å². The number of carboxylic acids is 1. The molecule has 4 heteroatoms. The summed E-state index contributed by atoms with van der Waals surface area (Å²) in [6, 6.07) is 9.78. The summed E-state index contributed by atoms with van der Waals surface area (Å²) in [5, 5.41) is 12.9. The van der Waals surface area contributed by atoms with Gasteiger partial charge in [0.25, 0.3) is 0 Å². The monoisotopic (exact) mass is 276 g/mol. The molecular formula is C16H24N2O2. The molecular weight excluding hydrogens is 252 g/mol. The van der Waals surface area contributed by atoms with Crippen molar-refractivity contribution < 1.29 is 9.90 Å². The normalized spacial score (nSPS) is 20.1. The Hall–Kier alpha value is -1.39. The van der Waals surface area contributed by atoms with Crippen molar-refractivity contribution in [2.24, 2.45) is 0 Å². The van der Waals surface area contributed by atoms with Gasteiger partial charge in [0, 0.05) is 19.6 Å². The predicted molar refractivity (Wildman–Crippen MR) is 80.0 cm³/mol. The molecule has 1 aromatic carbocycles. The number of hydrogen-bond acceptors (Lipinski definition) is 3. The van der Waals surface area contributed by atoms with Gasteiger partial charge in [0.15, 0.2) is 0 Å². The molecule has 0 saturated carbocycles. The highest BCUT2D eigenvalue weighted by Gasteiger charge is 2.28. The lowest BCUT2D eigenvalue weighted by Crippen LogP contribution is -2.43. The third-order valence-electron chi connectivity index (χ3n) is 4.05. The molecule has 0 radical (unpaired) electrons. The Kier molecular flexibility index (Phi) is 5.56. The first kappa shape index (κ1) is 15.0. The highest BCUT2D eigenvalue weighted by atomic mass is 16.4. The quantitative estimate of drug-likeness (QED) is 0.863. The van der Waals surface area contributed by atoms with E-state index in [1.54, 1.807) is 0 Å². The topological polar surface area (TPSA) is 52.6 Å². The number of carbonyl (C=O) groups is 1. The molecule has 1 heterocycles. The van der Waals surface area contributed by atoms with Crippen molar-refractivity contribution in [3.8, 4) is 0 Å². The number of nitrogens with one attached hydrogen (secondary N) is 1. The summed E-state index contributed by atoms with van der Waals surface area (Å²) in [4.78, 5) is 13.7. The second-order valence-corrected chi connectivity index (χ2v) is 5.54. The van der Waals surface area contributed by atoms with Gasteiger partial charge >= 0.3 is 5.97 Å². The summed E-state index contributed by atoms with van der Waals surface area (Å²) < 4.78 is 0. The van der Waals surface area contributed by atoms with E-state index in [0.29, 0.717) is 6.42 Å². The van der Waals surface area contributed by atoms with Crippen LogP contribution in [-0.4, -0.2) is 48.2 Å². The maximum Gasteiger partial charge on any atom is 0.320 e. The van der Waals surface area contributed by atoms with Gasteiger partial charge in [-0.25, -0.2) is 0 Å². The van der Waals surface area contributed by atoms with Crippen LogP contribution in [0.1, 0.15) is 31.2 Å². The summed E-state index contributed by atoms with van der Waals surface area (Å²) in [6.07, 6.45) is 1.68. The average molecular weight is 276 g/mol. The number of rotatable bonds is 5. The van der Waals surface area contributed by atoms with Crippen molar-refractivity contribution >= 4 is 5.97 Å². The van der Waals surface area contributed by atoms with E-state index in [4.69, 9.17) is 0 Å². The lowest BCUT2D eigenvalue weighted by atomic mass is 9.93. The molecule has 2 rings (SSSR count). The van der Waals surface area contributed by atoms with E-state index >= 15 is 0 Å². The van der Waals surface area contributed by atoms with Crippen LogP contribution in [0.5, 0.6) is 0 Å². The van der Waals surface area contributed by atoms with Gasteiger partial charge in [-0.1, -0.05) is 37.3 Å². The Morgan fingerprint density at radius 1 is 1.30 bits per heavy atom. The van der Waals surface area contributed by atoms with E-state index in [9.17, 15) is 9.90 Å². The van der Waals surface area contributed by atoms with Crippen molar-refractivity contribution in [1.29, 1.82) is 0 Å². The summed E-state index contributed by atoms with van der Waals surface area (Å²) in [5.74, 6) is -0.441. The third kappa shape index (κ3) is 4.05. The molecule has 0 bridgehead atoms. The Bertz CT molecular complexity index is 414. The smallest absolute Gasteiger partial charge is 0.320 e. The molecule has 0 amide bonds. The highest BCUT2D eigenvalue weighted by molar-refractivity contribution is 5.73. The SMILES string of the molecule is CC(CC(C(=O)O)N1CCCNCC1)c1ccccc1. The third-order valence-corrected chi connectivity index (χ3v) is 4.05. The maximum atomic E-state index is 11.6. The maximum absolute atomic E-state index is 11.6. The minimum atomic E-state index is -0.699. The van der Waals surface area contributed by atoms with Crippen molar-refractivity contribution in [3.05, 3.63) is 35.9 Å². The molecule has 4 nitrogen and oxygen atoms in total. The second-order valence-electron chi connectivity index (χ2n) is 5.54. The van der Waals surface area contributed by atoms with Gasteiger partial charge < -0.3 is 10.4 Å². The molecule has 0 aliphatic carbocycles. The summed E-state index contributed by atoms with van der Waals surface area (Å²) in [6.45, 7) is 5.66. The van der Waals surface area contributed by atoms with Gasteiger partial charge in [-0.15, -0.1) is 0 Å². The summed E-state index contributed by atoms with van der Waals surface area (Å²) in [7, 11) is 0. The molecule has 110 valence electrons. The van der Waals surface area contributed by atoms with Gasteiger partial charge in [0.05, 0.1) is 0 Å². The van der Waals surface area contributed by atoms with Gasteiger partial charge in [0.2, 0.25) is 0 Å². The van der Waals surface area contributed by atoms with Crippen LogP contribution in [0.15, 0.2) is 30.3 Å². The minimum Gasteiger partial charge on any atom is -0.480 e. The first-order valence-corrected chi connectivity index (χ1v) is 7.41. The zero-order valence-electron chi connectivity index (χ0n) is 12.1. The number of hydrogen-bond donors (Lipinski definition) is 2. The number of nitrogens with zero attached hydrogens (tertiary/aromatic N) is 1. The van der Waals surface area contributed by atoms with Crippen LogP contribution < -0.4 is 5.32 Å². The lowest BCUT2D eigenvalue weighted by molar-refractivity contribution is -0.143. The molecule has 1 saturated heterocycles. The fraction of sp³-hybridized carbons (Fsp3) is 0.562. The molecule has 1 fully saturated rings. The average Bonchev–Trinajstić information content (AvgIpc) is 2.74. The van der Waals surface area contributed by atoms with Crippen molar-refractivity contribution in [2.75, 3.05) is 26.2 Å². The molecule has 0 aromatic heterocycles. The standard InChI is InChI=1S/C16H24N2O2/c1-13(14-6-3-2-4-7-14)12-15(16(19)20)18-10-5-8-17-9-11-18/h2-4,6-7,13,15,17H,5,8-12H2,1H3,(H,19,20). The van der Waals surface area contributed by atoms with E-state index in [2.05, 4.69) is 29.3 Å². The zero-order valence-corrected chi connectivity index (χ0v) is 12.1. The zero-order chi connectivity index (χ0) is 14.4.